The molecule has 0 unspecified atom stereocenters. The predicted molar refractivity (Wildman–Crippen MR) is 87.7 cm³/mol. The van der Waals surface area contributed by atoms with Crippen LogP contribution in [0.15, 0.2) is 40.0 Å². The fraction of sp³-hybridized carbons (Fsp3) is 0.176. The minimum atomic E-state index is -3.96. The number of alkyl halides is 1. The van der Waals surface area contributed by atoms with Crippen LogP contribution in [0.2, 0.25) is 0 Å². The number of pyridine rings is 1. The van der Waals surface area contributed by atoms with Crippen molar-refractivity contribution in [1.82, 2.24) is 10.1 Å². The van der Waals surface area contributed by atoms with Crippen molar-refractivity contribution in [3.63, 3.8) is 0 Å². The molecule has 0 atom stereocenters. The number of hydrogen-bond donors (Lipinski definition) is 0. The van der Waals surface area contributed by atoms with E-state index in [0.29, 0.717) is 17.7 Å². The van der Waals surface area contributed by atoms with Crippen LogP contribution in [0.4, 0.5) is 13.2 Å². The van der Waals surface area contributed by atoms with E-state index in [2.05, 4.69) is 10.1 Å². The first kappa shape index (κ1) is 18.1. The molecule has 0 aliphatic heterocycles. The minimum absolute atomic E-state index is 0.0826. The molecule has 0 amide bonds. The Labute approximate surface area is 147 Å². The number of halogens is 3. The van der Waals surface area contributed by atoms with Crippen LogP contribution in [0.1, 0.15) is 11.3 Å². The average molecular weight is 382 g/mol. The summed E-state index contributed by atoms with van der Waals surface area (Å²) in [6, 6.07) is 2.94. The van der Waals surface area contributed by atoms with E-state index >= 15 is 0 Å². The summed E-state index contributed by atoms with van der Waals surface area (Å²) in [5.74, 6) is -2.48. The maximum atomic E-state index is 14.6. The Bertz CT molecular complexity index is 1090. The van der Waals surface area contributed by atoms with Crippen LogP contribution in [0.5, 0.6) is 0 Å². The van der Waals surface area contributed by atoms with Crippen LogP contribution in [-0.2, 0) is 16.5 Å². The number of hydrogen-bond acceptors (Lipinski definition) is 5. The van der Waals surface area contributed by atoms with Gasteiger partial charge in [-0.25, -0.2) is 21.6 Å². The van der Waals surface area contributed by atoms with Crippen LogP contribution < -0.4 is 0 Å². The zero-order valence-electron chi connectivity index (χ0n) is 13.8. The van der Waals surface area contributed by atoms with E-state index in [0.717, 1.165) is 11.8 Å². The number of benzene rings is 1. The van der Waals surface area contributed by atoms with Gasteiger partial charge in [-0.15, -0.1) is 0 Å². The van der Waals surface area contributed by atoms with Gasteiger partial charge in [0.15, 0.2) is 22.3 Å². The lowest BCUT2D eigenvalue weighted by Crippen LogP contribution is -2.03. The lowest BCUT2D eigenvalue weighted by molar-refractivity contribution is 0.332. The van der Waals surface area contributed by atoms with E-state index in [-0.39, 0.29) is 22.6 Å². The Morgan fingerprint density at radius 1 is 1.12 bits per heavy atom. The number of aromatic nitrogens is 2. The van der Waals surface area contributed by atoms with E-state index in [1.54, 1.807) is 19.2 Å². The van der Waals surface area contributed by atoms with Gasteiger partial charge in [0.25, 0.3) is 0 Å². The molecule has 3 rings (SSSR count). The molecule has 2 aromatic heterocycles. The van der Waals surface area contributed by atoms with E-state index in [1.807, 2.05) is 0 Å². The Hall–Kier alpha value is -2.68. The lowest BCUT2D eigenvalue weighted by atomic mass is 9.99. The highest BCUT2D eigenvalue weighted by molar-refractivity contribution is 7.90. The second kappa shape index (κ2) is 6.56. The van der Waals surface area contributed by atoms with E-state index in [4.69, 9.17) is 4.52 Å². The minimum Gasteiger partial charge on any atom is -0.357 e. The van der Waals surface area contributed by atoms with Gasteiger partial charge in [0.2, 0.25) is 0 Å². The van der Waals surface area contributed by atoms with Crippen LogP contribution in [0.3, 0.4) is 0 Å². The van der Waals surface area contributed by atoms with Gasteiger partial charge in [0.1, 0.15) is 22.2 Å². The standard InChI is InChI=1S/C17H13F3N2O3S/c1-9-3-10(8-21-7-9)17-16(14(6-18)25-22-17)11-4-13(20)15(5-12(11)19)26(2,23)24/h3-5,7-8H,6H2,1-2H3. The van der Waals surface area contributed by atoms with Gasteiger partial charge in [-0.1, -0.05) is 5.16 Å². The summed E-state index contributed by atoms with van der Waals surface area (Å²) in [6.07, 6.45) is 3.77. The maximum Gasteiger partial charge on any atom is 0.178 e. The van der Waals surface area contributed by atoms with Gasteiger partial charge in [0.05, 0.1) is 5.56 Å². The third-order valence-electron chi connectivity index (χ3n) is 3.72. The second-order valence-electron chi connectivity index (χ2n) is 5.75. The molecule has 0 aliphatic carbocycles. The molecule has 0 spiro atoms. The predicted octanol–water partition coefficient (Wildman–Crippen LogP) is 3.86. The summed E-state index contributed by atoms with van der Waals surface area (Å²) >= 11 is 0. The van der Waals surface area contributed by atoms with Gasteiger partial charge in [-0.2, -0.15) is 0 Å². The normalized spacial score (nSPS) is 11.7. The number of rotatable bonds is 4. The Balaban J connectivity index is 2.28. The van der Waals surface area contributed by atoms with Crippen molar-refractivity contribution in [1.29, 1.82) is 0 Å². The van der Waals surface area contributed by atoms with Crippen molar-refractivity contribution in [3.05, 3.63) is 53.6 Å². The molecule has 0 N–H and O–H groups in total. The maximum absolute atomic E-state index is 14.6. The van der Waals surface area contributed by atoms with Crippen LogP contribution in [0, 0.1) is 18.6 Å². The van der Waals surface area contributed by atoms with Crippen molar-refractivity contribution in [2.45, 2.75) is 18.5 Å². The van der Waals surface area contributed by atoms with E-state index in [1.165, 1.54) is 6.20 Å². The lowest BCUT2D eigenvalue weighted by Gasteiger charge is -2.08. The number of sulfone groups is 1. The first-order chi connectivity index (χ1) is 12.2. The molecule has 1 aromatic carbocycles. The molecule has 26 heavy (non-hydrogen) atoms. The Morgan fingerprint density at radius 3 is 2.46 bits per heavy atom. The molecule has 3 aromatic rings. The largest absolute Gasteiger partial charge is 0.357 e. The first-order valence-electron chi connectivity index (χ1n) is 7.38. The van der Waals surface area contributed by atoms with Crippen molar-refractivity contribution in [3.8, 4) is 22.4 Å². The fourth-order valence-corrected chi connectivity index (χ4v) is 3.31. The molecule has 0 bridgehead atoms. The molecule has 2 heterocycles. The van der Waals surface area contributed by atoms with Gasteiger partial charge >= 0.3 is 0 Å². The number of nitrogens with zero attached hydrogens (tertiary/aromatic N) is 2. The molecule has 0 radical (unpaired) electrons. The highest BCUT2D eigenvalue weighted by atomic mass is 32.2. The highest BCUT2D eigenvalue weighted by Crippen LogP contribution is 2.37. The fourth-order valence-electron chi connectivity index (χ4n) is 2.58. The average Bonchev–Trinajstić information content (AvgIpc) is 2.99. The van der Waals surface area contributed by atoms with Crippen molar-refractivity contribution >= 4 is 9.84 Å². The summed E-state index contributed by atoms with van der Waals surface area (Å²) in [5.41, 5.74) is 0.851. The SMILES string of the molecule is Cc1cncc(-c2noc(CF)c2-c2cc(F)c(S(C)(=O)=O)cc2F)c1. The summed E-state index contributed by atoms with van der Waals surface area (Å²) in [6.45, 7) is 0.671. The molecule has 0 fully saturated rings. The van der Waals surface area contributed by atoms with Crippen molar-refractivity contribution in [2.24, 2.45) is 0 Å². The third-order valence-corrected chi connectivity index (χ3v) is 4.83. The summed E-state index contributed by atoms with van der Waals surface area (Å²) in [4.78, 5) is 3.21. The van der Waals surface area contributed by atoms with Gasteiger partial charge < -0.3 is 4.52 Å². The molecule has 9 heteroatoms. The molecule has 0 saturated heterocycles. The van der Waals surface area contributed by atoms with Crippen LogP contribution in [0.25, 0.3) is 22.4 Å². The molecule has 136 valence electrons. The zero-order valence-corrected chi connectivity index (χ0v) is 14.6. The Kier molecular flexibility index (Phi) is 4.57. The van der Waals surface area contributed by atoms with Crippen LogP contribution >= 0.6 is 0 Å². The summed E-state index contributed by atoms with van der Waals surface area (Å²) in [5, 5.41) is 3.75. The molecule has 0 saturated carbocycles. The summed E-state index contributed by atoms with van der Waals surface area (Å²) in [7, 11) is -3.96. The quantitative estimate of drug-likeness (QED) is 0.685. The first-order valence-corrected chi connectivity index (χ1v) is 9.27. The molecular formula is C17H13F3N2O3S. The molecular weight excluding hydrogens is 369 g/mol. The monoisotopic (exact) mass is 382 g/mol. The van der Waals surface area contributed by atoms with E-state index in [9.17, 15) is 21.6 Å². The zero-order chi connectivity index (χ0) is 19.1. The Morgan fingerprint density at radius 2 is 1.85 bits per heavy atom. The summed E-state index contributed by atoms with van der Waals surface area (Å²) < 4.78 is 70.2. The second-order valence-corrected chi connectivity index (χ2v) is 7.73. The van der Waals surface area contributed by atoms with Crippen molar-refractivity contribution in [2.75, 3.05) is 6.26 Å². The highest BCUT2D eigenvalue weighted by Gasteiger charge is 2.25. The topological polar surface area (TPSA) is 73.1 Å². The molecule has 0 aliphatic rings. The smallest absolute Gasteiger partial charge is 0.178 e. The molecule has 5 nitrogen and oxygen atoms in total. The number of aryl methyl sites for hydroxylation is 1. The van der Waals surface area contributed by atoms with Gasteiger partial charge in [-0.05, 0) is 30.7 Å². The third kappa shape index (κ3) is 3.22. The van der Waals surface area contributed by atoms with Gasteiger partial charge in [0, 0.05) is 29.8 Å². The van der Waals surface area contributed by atoms with Gasteiger partial charge in [-0.3, -0.25) is 4.98 Å². The van der Waals surface area contributed by atoms with Crippen molar-refractivity contribution < 1.29 is 26.1 Å². The van der Waals surface area contributed by atoms with Crippen LogP contribution in [-0.4, -0.2) is 24.8 Å². The van der Waals surface area contributed by atoms with E-state index < -0.39 is 33.0 Å².